The molecule has 2 nitrogen and oxygen atoms in total. The van der Waals surface area contributed by atoms with Crippen molar-refractivity contribution in [2.75, 3.05) is 0 Å². The van der Waals surface area contributed by atoms with E-state index in [1.807, 2.05) is 0 Å². The highest BCUT2D eigenvalue weighted by atomic mass is 28.3. The number of benzene rings is 12. The number of nitrogens with zero attached hydrogens (tertiary/aromatic N) is 2. The summed E-state index contributed by atoms with van der Waals surface area (Å²) < 4.78 is 4.94. The Morgan fingerprint density at radius 1 is 0.250 bits per heavy atom. The predicted octanol–water partition coefficient (Wildman–Crippen LogP) is 12.3. The number of para-hydroxylation sites is 2. The highest BCUT2D eigenvalue weighted by Crippen LogP contribution is 2.39. The van der Waals surface area contributed by atoms with Crippen LogP contribution >= 0.6 is 0 Å². The van der Waals surface area contributed by atoms with Crippen LogP contribution in [0.1, 0.15) is 0 Å². The van der Waals surface area contributed by atoms with Gasteiger partial charge in [0.25, 0.3) is 0 Å². The summed E-state index contributed by atoms with van der Waals surface area (Å²) in [6.45, 7) is 0. The molecule has 2 aromatic heterocycles. The molecule has 0 saturated carbocycles. The van der Waals surface area contributed by atoms with E-state index in [0.717, 1.165) is 11.4 Å². The lowest BCUT2D eigenvalue weighted by atomic mass is 9.98. The number of hydrogen-bond acceptors (Lipinski definition) is 0. The largest absolute Gasteiger partial charge is 0.309 e. The predicted molar refractivity (Wildman–Crippen MR) is 327 cm³/mol. The molecule has 76 heavy (non-hydrogen) atoms. The molecule has 14 aromatic rings. The van der Waals surface area contributed by atoms with Crippen LogP contribution in [0.25, 0.3) is 77.2 Å². The average molecular weight is 999 g/mol. The van der Waals surface area contributed by atoms with Crippen molar-refractivity contribution in [3.05, 3.63) is 303 Å². The van der Waals surface area contributed by atoms with Crippen molar-refractivity contribution in [2.24, 2.45) is 0 Å². The molecular weight excluding hydrogens is 949 g/mol. The molecule has 356 valence electrons. The first kappa shape index (κ1) is 44.2. The fraction of sp³-hybridized carbons (Fsp3) is 0. The quantitative estimate of drug-likeness (QED) is 0.101. The highest BCUT2D eigenvalue weighted by Gasteiger charge is 2.48. The maximum absolute atomic E-state index is 2.69. The lowest BCUT2D eigenvalue weighted by molar-refractivity contribution is 1.17. The number of aromatic nitrogens is 2. The van der Waals surface area contributed by atoms with Crippen molar-refractivity contribution in [3.8, 4) is 33.6 Å². The number of rotatable bonds is 9. The molecule has 1 aliphatic rings. The molecule has 1 aliphatic heterocycles. The van der Waals surface area contributed by atoms with Gasteiger partial charge >= 0.3 is 0 Å². The normalized spacial score (nSPS) is 12.8. The van der Waals surface area contributed by atoms with E-state index in [2.05, 4.69) is 312 Å². The first-order valence-corrected chi connectivity index (χ1v) is 30.4. The molecule has 0 aliphatic carbocycles. The zero-order chi connectivity index (χ0) is 50.2. The molecule has 0 unspecified atom stereocenters. The van der Waals surface area contributed by atoms with Crippen LogP contribution in [-0.2, 0) is 0 Å². The highest BCUT2D eigenvalue weighted by molar-refractivity contribution is 7.22. The second kappa shape index (κ2) is 17.7. The monoisotopic (exact) mass is 998 g/mol. The van der Waals surface area contributed by atoms with E-state index < -0.39 is 16.1 Å². The van der Waals surface area contributed by atoms with Gasteiger partial charge in [0.2, 0.25) is 0 Å². The van der Waals surface area contributed by atoms with Gasteiger partial charge in [-0.25, -0.2) is 0 Å². The average Bonchev–Trinajstić information content (AvgIpc) is 4.27. The van der Waals surface area contributed by atoms with Gasteiger partial charge in [-0.1, -0.05) is 249 Å². The summed E-state index contributed by atoms with van der Waals surface area (Å²) >= 11 is 0. The van der Waals surface area contributed by atoms with Crippen molar-refractivity contribution >= 4 is 101 Å². The van der Waals surface area contributed by atoms with E-state index in [-0.39, 0.29) is 0 Å². The Morgan fingerprint density at radius 3 is 1.28 bits per heavy atom. The van der Waals surface area contributed by atoms with Crippen molar-refractivity contribution in [1.82, 2.24) is 9.13 Å². The molecule has 4 heteroatoms. The molecule has 0 radical (unpaired) electrons. The van der Waals surface area contributed by atoms with Crippen LogP contribution in [0.4, 0.5) is 0 Å². The zero-order valence-corrected chi connectivity index (χ0v) is 43.8. The third-order valence-corrected chi connectivity index (χ3v) is 26.2. The van der Waals surface area contributed by atoms with Crippen molar-refractivity contribution in [2.45, 2.75) is 0 Å². The van der Waals surface area contributed by atoms with E-state index in [4.69, 9.17) is 0 Å². The molecule has 0 fully saturated rings. The standard InChI is InChI=1S/C72H50N2Si2/c1-6-22-55(23-7-1)75(56-24-8-2-9-25-56,57-26-10-3-11-27-57)60-43-40-53(41-44-60)73-68-36-20-17-33-62(68)65-50-54(42-46-69(65)73)74-67-35-19-16-32-61(67)63-45-38-52(49-70(63)74)51-39-47-72-66(48-51)64-34-18-21-37-71(64)76(72,58-28-12-4-13-29-58)59-30-14-5-15-31-59/h1-50H. The second-order valence-electron chi connectivity index (χ2n) is 20.3. The van der Waals surface area contributed by atoms with Gasteiger partial charge < -0.3 is 9.13 Å². The van der Waals surface area contributed by atoms with Gasteiger partial charge in [-0.3, -0.25) is 0 Å². The first-order chi connectivity index (χ1) is 37.7. The number of hydrogen-bond donors (Lipinski definition) is 0. The molecule has 12 aromatic carbocycles. The van der Waals surface area contributed by atoms with E-state index in [0.29, 0.717) is 0 Å². The molecule has 0 N–H and O–H groups in total. The minimum absolute atomic E-state index is 1.14. The summed E-state index contributed by atoms with van der Waals surface area (Å²) in [6.07, 6.45) is 0. The topological polar surface area (TPSA) is 9.86 Å². The lowest BCUT2D eigenvalue weighted by Gasteiger charge is -2.34. The van der Waals surface area contributed by atoms with E-state index >= 15 is 0 Å². The third kappa shape index (κ3) is 6.51. The van der Waals surface area contributed by atoms with Gasteiger partial charge in [-0.2, -0.15) is 0 Å². The molecule has 0 atom stereocenters. The van der Waals surface area contributed by atoms with Crippen molar-refractivity contribution in [1.29, 1.82) is 0 Å². The zero-order valence-electron chi connectivity index (χ0n) is 41.8. The van der Waals surface area contributed by atoms with E-state index in [9.17, 15) is 0 Å². The van der Waals surface area contributed by atoms with Crippen LogP contribution in [0.3, 0.4) is 0 Å². The summed E-state index contributed by atoms with van der Waals surface area (Å²) in [4.78, 5) is 0. The lowest BCUT2D eigenvalue weighted by Crippen LogP contribution is -2.74. The SMILES string of the molecule is c1ccc([Si](c2ccccc2)(c2ccccc2)c2ccc(-n3c4ccccc4c4cc(-n5c6ccccc6c6ccc(-c7ccc8c(c7)-c7ccccc7[Si]8(c7ccccc7)c7ccccc7)cc65)ccc43)cc2)cc1. The van der Waals surface area contributed by atoms with Gasteiger partial charge in [0.1, 0.15) is 0 Å². The van der Waals surface area contributed by atoms with Crippen LogP contribution in [0.5, 0.6) is 0 Å². The molecule has 0 saturated heterocycles. The fourth-order valence-electron chi connectivity index (χ4n) is 13.4. The Labute approximate surface area is 444 Å². The van der Waals surface area contributed by atoms with E-state index in [1.54, 1.807) is 0 Å². The minimum Gasteiger partial charge on any atom is -0.309 e. The Kier molecular flexibility index (Phi) is 10.3. The third-order valence-electron chi connectivity index (χ3n) is 16.6. The summed E-state index contributed by atoms with van der Waals surface area (Å²) in [5.41, 5.74) is 12.2. The summed E-state index contributed by atoms with van der Waals surface area (Å²) in [6, 6.07) is 114. The maximum atomic E-state index is 2.49. The Balaban J connectivity index is 0.874. The van der Waals surface area contributed by atoms with Gasteiger partial charge in [-0.15, -0.1) is 0 Å². The Hall–Kier alpha value is -9.33. The summed E-state index contributed by atoms with van der Waals surface area (Å²) in [5, 5.41) is 16.2. The molecule has 0 bridgehead atoms. The molecule has 15 rings (SSSR count). The van der Waals surface area contributed by atoms with Gasteiger partial charge in [0.15, 0.2) is 16.1 Å². The fourth-order valence-corrected chi connectivity index (χ4v) is 23.3. The van der Waals surface area contributed by atoms with Gasteiger partial charge in [0.05, 0.1) is 22.1 Å². The van der Waals surface area contributed by atoms with E-state index in [1.165, 1.54) is 107 Å². The molecular formula is C72H50N2Si2. The van der Waals surface area contributed by atoms with Crippen LogP contribution in [0.15, 0.2) is 303 Å². The van der Waals surface area contributed by atoms with Crippen LogP contribution in [0.2, 0.25) is 0 Å². The van der Waals surface area contributed by atoms with Crippen LogP contribution in [-0.4, -0.2) is 25.3 Å². The molecule has 0 amide bonds. The molecule has 0 spiro atoms. The van der Waals surface area contributed by atoms with Crippen molar-refractivity contribution < 1.29 is 0 Å². The van der Waals surface area contributed by atoms with Gasteiger partial charge in [-0.05, 0) is 118 Å². The van der Waals surface area contributed by atoms with Crippen molar-refractivity contribution in [3.63, 3.8) is 0 Å². The second-order valence-corrected chi connectivity index (χ2v) is 27.9. The maximum Gasteiger partial charge on any atom is 0.180 e. The number of fused-ring (bicyclic) bond motifs is 9. The smallest absolute Gasteiger partial charge is 0.180 e. The van der Waals surface area contributed by atoms with Crippen LogP contribution < -0.4 is 41.5 Å². The Bertz CT molecular complexity index is 4350. The Morgan fingerprint density at radius 2 is 0.671 bits per heavy atom. The van der Waals surface area contributed by atoms with Gasteiger partial charge in [0, 0.05) is 32.9 Å². The summed E-state index contributed by atoms with van der Waals surface area (Å²) in [7, 11) is -5.27. The molecule has 3 heterocycles. The first-order valence-electron chi connectivity index (χ1n) is 26.4. The summed E-state index contributed by atoms with van der Waals surface area (Å²) in [5.74, 6) is 0. The van der Waals surface area contributed by atoms with Crippen LogP contribution in [0, 0.1) is 0 Å². The minimum atomic E-state index is -2.69.